The number of aromatic amines is 1. The van der Waals surface area contributed by atoms with Crippen molar-refractivity contribution in [1.29, 1.82) is 0 Å². The number of Topliss-reactive ketones (excluding diaryl/α,β-unsaturated/α-hetero) is 1. The van der Waals surface area contributed by atoms with Gasteiger partial charge in [0, 0.05) is 36.0 Å². The number of ether oxygens (including phenoxy) is 1. The summed E-state index contributed by atoms with van der Waals surface area (Å²) in [5, 5.41) is 18.0. The van der Waals surface area contributed by atoms with E-state index in [1.807, 2.05) is 30.3 Å². The largest absolute Gasteiger partial charge is 0.504 e. The molecular weight excluding hydrogens is 448 g/mol. The number of aromatic nitrogens is 2. The Bertz CT molecular complexity index is 1400. The third kappa shape index (κ3) is 4.16. The van der Waals surface area contributed by atoms with Crippen LogP contribution >= 0.6 is 0 Å². The Kier molecular flexibility index (Phi) is 5.82. The Balaban J connectivity index is 1.58. The number of anilines is 1. The predicted molar refractivity (Wildman–Crippen MR) is 129 cm³/mol. The Hall–Kier alpha value is -4.40. The van der Waals surface area contributed by atoms with Gasteiger partial charge in [0.15, 0.2) is 17.3 Å². The van der Waals surface area contributed by atoms with Crippen LogP contribution in [0.25, 0.3) is 11.3 Å². The molecule has 1 aliphatic heterocycles. The highest BCUT2D eigenvalue weighted by molar-refractivity contribution is 6.01. The molecule has 1 aromatic heterocycles. The fourth-order valence-corrected chi connectivity index (χ4v) is 4.74. The number of benzene rings is 2. The number of carbonyl (C=O) groups excluding carboxylic acids is 2. The van der Waals surface area contributed by atoms with Crippen LogP contribution in [0.4, 0.5) is 5.69 Å². The summed E-state index contributed by atoms with van der Waals surface area (Å²) < 4.78 is 5.23. The van der Waals surface area contributed by atoms with E-state index in [0.717, 1.165) is 11.1 Å². The lowest BCUT2D eigenvalue weighted by molar-refractivity contribution is -0.130. The van der Waals surface area contributed by atoms with Gasteiger partial charge in [-0.3, -0.25) is 19.8 Å². The number of aromatic hydroxyl groups is 1. The molecule has 2 aromatic carbocycles. The van der Waals surface area contributed by atoms with Crippen molar-refractivity contribution in [2.24, 2.45) is 0 Å². The molecule has 0 radical (unpaired) electrons. The molecule has 2 aliphatic rings. The van der Waals surface area contributed by atoms with Crippen LogP contribution in [-0.2, 0) is 9.59 Å². The number of nitrogens with one attached hydrogen (secondary N) is 2. The lowest BCUT2D eigenvalue weighted by atomic mass is 9.77. The van der Waals surface area contributed by atoms with Crippen LogP contribution in [0, 0.1) is 0 Å². The SMILES string of the molecule is COc1cc(C2CC(=O)N(Nc3cc(=O)[nH]nc3-c3ccccc3)C3=C2C(=O)CCC3)ccc1O. The smallest absolute Gasteiger partial charge is 0.266 e. The monoisotopic (exact) mass is 472 g/mol. The van der Waals surface area contributed by atoms with Crippen molar-refractivity contribution in [3.8, 4) is 22.8 Å². The second-order valence-electron chi connectivity index (χ2n) is 8.53. The van der Waals surface area contributed by atoms with Crippen LogP contribution in [0.15, 0.2) is 70.7 Å². The Morgan fingerprint density at radius 1 is 1.09 bits per heavy atom. The molecule has 1 aliphatic carbocycles. The van der Waals surface area contributed by atoms with E-state index in [1.165, 1.54) is 24.3 Å². The Morgan fingerprint density at radius 3 is 2.66 bits per heavy atom. The minimum atomic E-state index is -0.455. The molecule has 2 heterocycles. The summed E-state index contributed by atoms with van der Waals surface area (Å²) >= 11 is 0. The summed E-state index contributed by atoms with van der Waals surface area (Å²) in [5.74, 6) is -0.447. The molecule has 3 aromatic rings. The van der Waals surface area contributed by atoms with E-state index in [4.69, 9.17) is 4.74 Å². The second-order valence-corrected chi connectivity index (χ2v) is 8.53. The van der Waals surface area contributed by atoms with Crippen LogP contribution in [0.5, 0.6) is 11.5 Å². The molecule has 0 saturated heterocycles. The number of H-pyrrole nitrogens is 1. The summed E-state index contributed by atoms with van der Waals surface area (Å²) in [7, 11) is 1.45. The maximum absolute atomic E-state index is 13.4. The lowest BCUT2D eigenvalue weighted by Gasteiger charge is -2.38. The quantitative estimate of drug-likeness (QED) is 0.519. The number of rotatable bonds is 5. The van der Waals surface area contributed by atoms with Gasteiger partial charge in [0.25, 0.3) is 5.56 Å². The molecule has 178 valence electrons. The molecular formula is C26H24N4O5. The van der Waals surface area contributed by atoms with Gasteiger partial charge in [-0.15, -0.1) is 0 Å². The number of hydrazine groups is 1. The highest BCUT2D eigenvalue weighted by Crippen LogP contribution is 2.43. The highest BCUT2D eigenvalue weighted by atomic mass is 16.5. The zero-order valence-corrected chi connectivity index (χ0v) is 19.1. The molecule has 1 amide bonds. The van der Waals surface area contributed by atoms with Gasteiger partial charge in [-0.1, -0.05) is 36.4 Å². The number of allylic oxidation sites excluding steroid dienone is 2. The number of carbonyl (C=O) groups is 2. The van der Waals surface area contributed by atoms with Crippen LogP contribution in [0.2, 0.25) is 0 Å². The fourth-order valence-electron chi connectivity index (χ4n) is 4.74. The number of methoxy groups -OCH3 is 1. The van der Waals surface area contributed by atoms with Gasteiger partial charge in [-0.25, -0.2) is 10.1 Å². The van der Waals surface area contributed by atoms with E-state index in [-0.39, 0.29) is 29.6 Å². The molecule has 1 atom stereocenters. The number of amides is 1. The average Bonchev–Trinajstić information content (AvgIpc) is 2.86. The minimum Gasteiger partial charge on any atom is -0.504 e. The maximum atomic E-state index is 13.4. The van der Waals surface area contributed by atoms with Gasteiger partial charge in [-0.2, -0.15) is 5.10 Å². The number of hydrogen-bond acceptors (Lipinski definition) is 7. The van der Waals surface area contributed by atoms with Crippen molar-refractivity contribution < 1.29 is 19.4 Å². The van der Waals surface area contributed by atoms with Crippen LogP contribution in [-0.4, -0.2) is 39.1 Å². The van der Waals surface area contributed by atoms with E-state index in [0.29, 0.717) is 41.9 Å². The fraction of sp³-hybridized carbons (Fsp3) is 0.231. The maximum Gasteiger partial charge on any atom is 0.266 e. The zero-order valence-electron chi connectivity index (χ0n) is 19.1. The average molecular weight is 473 g/mol. The molecule has 1 unspecified atom stereocenters. The summed E-state index contributed by atoms with van der Waals surface area (Å²) in [6, 6.07) is 15.5. The summed E-state index contributed by atoms with van der Waals surface area (Å²) in [4.78, 5) is 38.6. The first-order valence-electron chi connectivity index (χ1n) is 11.3. The summed E-state index contributed by atoms with van der Waals surface area (Å²) in [6.45, 7) is 0. The number of ketones is 1. The lowest BCUT2D eigenvalue weighted by Crippen LogP contribution is -2.43. The molecule has 0 saturated carbocycles. The molecule has 9 nitrogen and oxygen atoms in total. The van der Waals surface area contributed by atoms with Gasteiger partial charge in [0.2, 0.25) is 5.91 Å². The summed E-state index contributed by atoms with van der Waals surface area (Å²) in [6.07, 6.45) is 1.59. The topological polar surface area (TPSA) is 125 Å². The molecule has 35 heavy (non-hydrogen) atoms. The van der Waals surface area contributed by atoms with E-state index in [1.54, 1.807) is 12.1 Å². The molecule has 0 bridgehead atoms. The van der Waals surface area contributed by atoms with E-state index in [9.17, 15) is 19.5 Å². The van der Waals surface area contributed by atoms with Gasteiger partial charge < -0.3 is 9.84 Å². The van der Waals surface area contributed by atoms with Crippen molar-refractivity contribution in [3.63, 3.8) is 0 Å². The third-order valence-corrected chi connectivity index (χ3v) is 6.37. The van der Waals surface area contributed by atoms with Crippen LogP contribution in [0.1, 0.15) is 37.2 Å². The van der Waals surface area contributed by atoms with Crippen LogP contribution in [0.3, 0.4) is 0 Å². The molecule has 0 spiro atoms. The number of phenols is 1. The minimum absolute atomic E-state index is 0.0129. The molecule has 3 N–H and O–H groups in total. The van der Waals surface area contributed by atoms with Gasteiger partial charge >= 0.3 is 0 Å². The Labute approximate surface area is 201 Å². The van der Waals surface area contributed by atoms with E-state index in [2.05, 4.69) is 15.6 Å². The number of hydrogen-bond donors (Lipinski definition) is 3. The van der Waals surface area contributed by atoms with Gasteiger partial charge in [0.05, 0.1) is 18.5 Å². The van der Waals surface area contributed by atoms with Crippen molar-refractivity contribution in [2.45, 2.75) is 31.6 Å². The molecule has 5 rings (SSSR count). The molecule has 0 fully saturated rings. The third-order valence-electron chi connectivity index (χ3n) is 6.37. The van der Waals surface area contributed by atoms with Gasteiger partial charge in [0.1, 0.15) is 5.69 Å². The van der Waals surface area contributed by atoms with E-state index >= 15 is 0 Å². The van der Waals surface area contributed by atoms with Crippen molar-refractivity contribution in [2.75, 3.05) is 12.5 Å². The van der Waals surface area contributed by atoms with Crippen molar-refractivity contribution in [3.05, 3.63) is 81.8 Å². The number of phenolic OH excluding ortho intramolecular Hbond substituents is 1. The number of nitrogens with zero attached hydrogens (tertiary/aromatic N) is 2. The van der Waals surface area contributed by atoms with Crippen LogP contribution < -0.4 is 15.7 Å². The first-order valence-corrected chi connectivity index (χ1v) is 11.3. The molecule has 9 heteroatoms. The standard InChI is InChI=1S/C26H24N4O5/c1-35-22-12-16(10-11-20(22)31)17-13-24(34)30(19-8-5-9-21(32)25(17)19)29-18-14-23(33)27-28-26(18)15-6-3-2-4-7-15/h2-4,6-7,10-12,14,17,31H,5,8-9,13H2,1H3,(H2,27,29,33). The van der Waals surface area contributed by atoms with Crippen molar-refractivity contribution >= 4 is 17.4 Å². The normalized spacial score (nSPS) is 17.9. The first-order chi connectivity index (χ1) is 17.0. The van der Waals surface area contributed by atoms with Gasteiger partial charge in [-0.05, 0) is 30.5 Å². The first kappa shape index (κ1) is 22.4. The Morgan fingerprint density at radius 2 is 1.89 bits per heavy atom. The predicted octanol–water partition coefficient (Wildman–Crippen LogP) is 3.50. The van der Waals surface area contributed by atoms with Crippen molar-refractivity contribution in [1.82, 2.24) is 15.2 Å². The second kappa shape index (κ2) is 9.09. The summed E-state index contributed by atoms with van der Waals surface area (Å²) in [5.41, 5.74) is 6.15. The highest BCUT2D eigenvalue weighted by Gasteiger charge is 2.40. The van der Waals surface area contributed by atoms with E-state index < -0.39 is 11.5 Å². The zero-order chi connectivity index (χ0) is 24.5.